The van der Waals surface area contributed by atoms with Crippen molar-refractivity contribution >= 4 is 17.7 Å². The first-order chi connectivity index (χ1) is 11.5. The number of benzene rings is 2. The molecule has 0 aliphatic carbocycles. The molecule has 0 bridgehead atoms. The third kappa shape index (κ3) is 5.27. The highest BCUT2D eigenvalue weighted by molar-refractivity contribution is 7.99. The molecule has 0 aliphatic heterocycles. The molecule has 0 spiro atoms. The normalized spacial score (nSPS) is 11.8. The van der Waals surface area contributed by atoms with E-state index in [1.807, 2.05) is 32.0 Å². The zero-order valence-electron chi connectivity index (χ0n) is 14.1. The van der Waals surface area contributed by atoms with E-state index in [1.54, 1.807) is 19.2 Å². The van der Waals surface area contributed by atoms with Gasteiger partial charge in [0.25, 0.3) is 0 Å². The second-order valence-electron chi connectivity index (χ2n) is 5.59. The molecule has 5 heteroatoms. The van der Waals surface area contributed by atoms with Crippen molar-refractivity contribution in [3.05, 3.63) is 59.4 Å². The van der Waals surface area contributed by atoms with E-state index in [1.165, 1.54) is 23.9 Å². The number of halogens is 1. The predicted molar refractivity (Wildman–Crippen MR) is 96.0 cm³/mol. The minimum absolute atomic E-state index is 0.0133. The molecular formula is C19H22FNO2S. The van der Waals surface area contributed by atoms with E-state index >= 15 is 0 Å². The lowest BCUT2D eigenvalue weighted by Gasteiger charge is -2.18. The number of aryl methyl sites for hydroxylation is 1. The van der Waals surface area contributed by atoms with Crippen molar-refractivity contribution in [2.75, 3.05) is 12.9 Å². The van der Waals surface area contributed by atoms with Crippen molar-refractivity contribution in [2.24, 2.45) is 0 Å². The van der Waals surface area contributed by atoms with Gasteiger partial charge in [-0.15, -0.1) is 11.8 Å². The molecule has 0 heterocycles. The van der Waals surface area contributed by atoms with Crippen molar-refractivity contribution in [1.29, 1.82) is 0 Å². The van der Waals surface area contributed by atoms with Gasteiger partial charge in [0.05, 0.1) is 13.2 Å². The van der Waals surface area contributed by atoms with Gasteiger partial charge in [0.2, 0.25) is 5.91 Å². The van der Waals surface area contributed by atoms with Crippen LogP contribution in [0.5, 0.6) is 5.75 Å². The molecule has 2 aromatic rings. The number of thioether (sulfide) groups is 1. The second kappa shape index (κ2) is 8.73. The van der Waals surface area contributed by atoms with Gasteiger partial charge in [0, 0.05) is 22.6 Å². The van der Waals surface area contributed by atoms with Gasteiger partial charge in [0.15, 0.2) is 0 Å². The Morgan fingerprint density at radius 1 is 1.25 bits per heavy atom. The lowest BCUT2D eigenvalue weighted by Crippen LogP contribution is -2.27. The lowest BCUT2D eigenvalue weighted by molar-refractivity contribution is -0.121. The number of hydrogen-bond acceptors (Lipinski definition) is 3. The largest absolute Gasteiger partial charge is 0.496 e. The minimum atomic E-state index is -0.252. The summed E-state index contributed by atoms with van der Waals surface area (Å²) in [5, 5.41) is 3.00. The van der Waals surface area contributed by atoms with Crippen LogP contribution in [0.3, 0.4) is 0 Å². The highest BCUT2D eigenvalue weighted by Gasteiger charge is 2.14. The van der Waals surface area contributed by atoms with E-state index in [-0.39, 0.29) is 17.8 Å². The Kier molecular flexibility index (Phi) is 6.67. The lowest BCUT2D eigenvalue weighted by atomic mass is 10.0. The van der Waals surface area contributed by atoms with Crippen LogP contribution in [0.15, 0.2) is 47.4 Å². The zero-order valence-corrected chi connectivity index (χ0v) is 15.0. The Morgan fingerprint density at radius 2 is 1.96 bits per heavy atom. The standard InChI is InChI=1S/C19H22FNO2S/c1-13-4-9-18(23-3)17(12-13)14(2)21-19(22)10-11-24-16-7-5-15(20)6-8-16/h4-9,12,14H,10-11H2,1-3H3,(H,21,22)/t14-/m0/s1. The van der Waals surface area contributed by atoms with E-state index in [9.17, 15) is 9.18 Å². The number of hydrogen-bond donors (Lipinski definition) is 1. The number of carbonyl (C=O) groups is 1. The van der Waals surface area contributed by atoms with E-state index in [2.05, 4.69) is 5.32 Å². The van der Waals surface area contributed by atoms with Crippen LogP contribution in [-0.4, -0.2) is 18.8 Å². The van der Waals surface area contributed by atoms with Gasteiger partial charge in [0.1, 0.15) is 11.6 Å². The Morgan fingerprint density at radius 3 is 2.62 bits per heavy atom. The maximum Gasteiger partial charge on any atom is 0.221 e. The number of amides is 1. The first kappa shape index (κ1) is 18.3. The summed E-state index contributed by atoms with van der Waals surface area (Å²) in [6.07, 6.45) is 0.403. The first-order valence-corrected chi connectivity index (χ1v) is 8.80. The molecule has 2 rings (SSSR count). The summed E-state index contributed by atoms with van der Waals surface area (Å²) in [6.45, 7) is 3.96. The number of rotatable bonds is 7. The Hall–Kier alpha value is -2.01. The summed E-state index contributed by atoms with van der Waals surface area (Å²) < 4.78 is 18.2. The van der Waals surface area contributed by atoms with Gasteiger partial charge in [-0.2, -0.15) is 0 Å². The third-order valence-electron chi connectivity index (χ3n) is 3.64. The summed E-state index contributed by atoms with van der Waals surface area (Å²) >= 11 is 1.54. The molecule has 1 amide bonds. The SMILES string of the molecule is COc1ccc(C)cc1[C@H](C)NC(=O)CCSc1ccc(F)cc1. The molecule has 0 aliphatic rings. The molecule has 0 aromatic heterocycles. The fourth-order valence-electron chi connectivity index (χ4n) is 2.38. The average Bonchev–Trinajstić information content (AvgIpc) is 2.56. The number of methoxy groups -OCH3 is 1. The summed E-state index contributed by atoms with van der Waals surface area (Å²) in [7, 11) is 1.63. The molecule has 0 saturated heterocycles. The van der Waals surface area contributed by atoms with Gasteiger partial charge in [-0.05, 0) is 44.2 Å². The van der Waals surface area contributed by atoms with Gasteiger partial charge < -0.3 is 10.1 Å². The smallest absolute Gasteiger partial charge is 0.221 e. The van der Waals surface area contributed by atoms with E-state index in [0.29, 0.717) is 12.2 Å². The molecule has 0 unspecified atom stereocenters. The van der Waals surface area contributed by atoms with Gasteiger partial charge in [-0.25, -0.2) is 4.39 Å². The maximum atomic E-state index is 12.8. The average molecular weight is 347 g/mol. The zero-order chi connectivity index (χ0) is 17.5. The van der Waals surface area contributed by atoms with Gasteiger partial charge in [-0.1, -0.05) is 17.7 Å². The quantitative estimate of drug-likeness (QED) is 0.749. The van der Waals surface area contributed by atoms with E-state index < -0.39 is 0 Å². The summed E-state index contributed by atoms with van der Waals surface area (Å²) in [4.78, 5) is 13.1. The molecule has 24 heavy (non-hydrogen) atoms. The molecule has 0 saturated carbocycles. The Bertz CT molecular complexity index is 688. The van der Waals surface area contributed by atoms with E-state index in [0.717, 1.165) is 21.8 Å². The fourth-order valence-corrected chi connectivity index (χ4v) is 3.23. The van der Waals surface area contributed by atoms with Gasteiger partial charge >= 0.3 is 0 Å². The van der Waals surface area contributed by atoms with Crippen molar-refractivity contribution < 1.29 is 13.9 Å². The number of carbonyl (C=O) groups excluding carboxylic acids is 1. The molecule has 1 N–H and O–H groups in total. The molecular weight excluding hydrogens is 325 g/mol. The summed E-state index contributed by atoms with van der Waals surface area (Å²) in [5.74, 6) is 1.16. The molecule has 3 nitrogen and oxygen atoms in total. The van der Waals surface area contributed by atoms with Crippen LogP contribution >= 0.6 is 11.8 Å². The van der Waals surface area contributed by atoms with Crippen LogP contribution in [0.1, 0.15) is 30.5 Å². The Labute approximate surface area is 146 Å². The number of nitrogens with one attached hydrogen (secondary N) is 1. The Balaban J connectivity index is 1.85. The van der Waals surface area contributed by atoms with Crippen LogP contribution in [0.25, 0.3) is 0 Å². The second-order valence-corrected chi connectivity index (χ2v) is 6.76. The molecule has 0 radical (unpaired) electrons. The first-order valence-electron chi connectivity index (χ1n) is 7.82. The highest BCUT2D eigenvalue weighted by Crippen LogP contribution is 2.26. The van der Waals surface area contributed by atoms with Crippen molar-refractivity contribution in [1.82, 2.24) is 5.32 Å². The van der Waals surface area contributed by atoms with Gasteiger partial charge in [-0.3, -0.25) is 4.79 Å². The minimum Gasteiger partial charge on any atom is -0.496 e. The van der Waals surface area contributed by atoms with Crippen LogP contribution in [0.4, 0.5) is 4.39 Å². The van der Waals surface area contributed by atoms with Crippen LogP contribution in [0.2, 0.25) is 0 Å². The topological polar surface area (TPSA) is 38.3 Å². The molecule has 128 valence electrons. The van der Waals surface area contributed by atoms with Crippen LogP contribution in [-0.2, 0) is 4.79 Å². The molecule has 1 atom stereocenters. The van der Waals surface area contributed by atoms with Crippen molar-refractivity contribution in [3.63, 3.8) is 0 Å². The maximum absolute atomic E-state index is 12.8. The van der Waals surface area contributed by atoms with E-state index in [4.69, 9.17) is 4.74 Å². The highest BCUT2D eigenvalue weighted by atomic mass is 32.2. The molecule has 2 aromatic carbocycles. The predicted octanol–water partition coefficient (Wildman–Crippen LogP) is 4.50. The van der Waals surface area contributed by atoms with Crippen molar-refractivity contribution in [2.45, 2.75) is 31.2 Å². The molecule has 0 fully saturated rings. The summed E-state index contributed by atoms with van der Waals surface area (Å²) in [5.41, 5.74) is 2.09. The van der Waals surface area contributed by atoms with Crippen LogP contribution in [0, 0.1) is 12.7 Å². The third-order valence-corrected chi connectivity index (χ3v) is 4.65. The summed E-state index contributed by atoms with van der Waals surface area (Å²) in [6, 6.07) is 12.1. The number of ether oxygens (including phenoxy) is 1. The fraction of sp³-hybridized carbons (Fsp3) is 0.316. The van der Waals surface area contributed by atoms with Crippen LogP contribution < -0.4 is 10.1 Å². The van der Waals surface area contributed by atoms with Crippen molar-refractivity contribution in [3.8, 4) is 5.75 Å². The monoisotopic (exact) mass is 347 g/mol.